The fourth-order valence-electron chi connectivity index (χ4n) is 2.37. The fraction of sp³-hybridized carbons (Fsp3) is 0.368. The van der Waals surface area contributed by atoms with E-state index < -0.39 is 0 Å². The van der Waals surface area contributed by atoms with Crippen LogP contribution in [0.25, 0.3) is 0 Å². The Hall–Kier alpha value is -1.24. The summed E-state index contributed by atoms with van der Waals surface area (Å²) in [6, 6.07) is 9.95. The molecule has 0 aliphatic carbocycles. The van der Waals surface area contributed by atoms with Crippen LogP contribution < -0.4 is 20.1 Å². The Kier molecular flexibility index (Phi) is 13.2. The lowest BCUT2D eigenvalue weighted by Gasteiger charge is -2.15. The molecule has 0 spiro atoms. The smallest absolute Gasteiger partial charge is 0.180 e. The molecule has 0 saturated heterocycles. The highest BCUT2D eigenvalue weighted by atomic mass is 35.5. The van der Waals surface area contributed by atoms with Crippen molar-refractivity contribution in [1.82, 2.24) is 10.6 Å². The van der Waals surface area contributed by atoms with E-state index in [1.165, 1.54) is 12.1 Å². The maximum atomic E-state index is 13.0. The van der Waals surface area contributed by atoms with Crippen molar-refractivity contribution in [3.8, 4) is 11.5 Å². The molecule has 2 N–H and O–H groups in total. The summed E-state index contributed by atoms with van der Waals surface area (Å²) in [6.45, 7) is 2.90. The van der Waals surface area contributed by atoms with Crippen molar-refractivity contribution in [2.24, 2.45) is 0 Å². The van der Waals surface area contributed by atoms with Crippen LogP contribution in [0.4, 0.5) is 4.39 Å². The average Bonchev–Trinajstić information content (AvgIpc) is 2.61. The quantitative estimate of drug-likeness (QED) is 0.531. The number of hydrogen-bond donors (Lipinski definition) is 2. The Balaban J connectivity index is 0.00000338. The maximum Gasteiger partial charge on any atom is 0.180 e. The minimum atomic E-state index is -0.272. The van der Waals surface area contributed by atoms with Gasteiger partial charge in [-0.1, -0.05) is 23.7 Å². The molecule has 0 aliphatic rings. The first-order valence-electron chi connectivity index (χ1n) is 8.23. The largest absolute Gasteiger partial charge is 0.493 e. The van der Waals surface area contributed by atoms with Crippen LogP contribution >= 0.6 is 36.4 Å². The van der Waals surface area contributed by atoms with Crippen molar-refractivity contribution >= 4 is 36.4 Å². The summed E-state index contributed by atoms with van der Waals surface area (Å²) in [5.74, 6) is 0.806. The number of ether oxygens (including phenoxy) is 2. The molecule has 4 nitrogen and oxygen atoms in total. The van der Waals surface area contributed by atoms with E-state index in [9.17, 15) is 4.39 Å². The van der Waals surface area contributed by atoms with Gasteiger partial charge in [-0.2, -0.15) is 0 Å². The van der Waals surface area contributed by atoms with Gasteiger partial charge in [0.15, 0.2) is 11.5 Å². The molecular weight excluding hydrogens is 414 g/mol. The standard InChI is InChI=1S/C19H24ClFN2O2.2ClH/c1-22-8-3-9-23-12-15-10-17(20)19(18(11-15)24-2)25-13-14-4-6-16(21)7-5-14;;/h4-7,10-11,22-23H,3,8-9,12-13H2,1-2H3;2*1H. The summed E-state index contributed by atoms with van der Waals surface area (Å²) in [4.78, 5) is 0. The van der Waals surface area contributed by atoms with E-state index in [1.54, 1.807) is 19.2 Å². The molecule has 0 amide bonds. The van der Waals surface area contributed by atoms with Crippen molar-refractivity contribution in [1.29, 1.82) is 0 Å². The second-order valence-corrected chi connectivity index (χ2v) is 6.07. The van der Waals surface area contributed by atoms with E-state index in [4.69, 9.17) is 21.1 Å². The minimum absolute atomic E-state index is 0. The Morgan fingerprint density at radius 2 is 1.74 bits per heavy atom. The molecule has 0 atom stereocenters. The van der Waals surface area contributed by atoms with Gasteiger partial charge in [0.1, 0.15) is 12.4 Å². The topological polar surface area (TPSA) is 42.5 Å². The number of nitrogens with one attached hydrogen (secondary N) is 2. The number of methoxy groups -OCH3 is 1. The molecule has 0 radical (unpaired) electrons. The molecule has 0 aliphatic heterocycles. The van der Waals surface area contributed by atoms with Gasteiger partial charge in [0.2, 0.25) is 0 Å². The van der Waals surface area contributed by atoms with E-state index >= 15 is 0 Å². The van der Waals surface area contributed by atoms with Gasteiger partial charge in [-0.15, -0.1) is 24.8 Å². The Morgan fingerprint density at radius 1 is 1.04 bits per heavy atom. The molecule has 0 heterocycles. The molecule has 0 saturated carbocycles. The van der Waals surface area contributed by atoms with Gasteiger partial charge in [0, 0.05) is 6.54 Å². The highest BCUT2D eigenvalue weighted by molar-refractivity contribution is 6.32. The number of hydrogen-bond acceptors (Lipinski definition) is 4. The Bertz CT molecular complexity index is 673. The number of benzene rings is 2. The SMILES string of the molecule is CNCCCNCc1cc(Cl)c(OCc2ccc(F)cc2)c(OC)c1.Cl.Cl. The third kappa shape index (κ3) is 8.54. The lowest BCUT2D eigenvalue weighted by atomic mass is 10.2. The molecule has 0 bridgehead atoms. The Morgan fingerprint density at radius 3 is 2.37 bits per heavy atom. The predicted molar refractivity (Wildman–Crippen MR) is 113 cm³/mol. The monoisotopic (exact) mass is 438 g/mol. The van der Waals surface area contributed by atoms with E-state index in [1.807, 2.05) is 19.2 Å². The van der Waals surface area contributed by atoms with Crippen molar-refractivity contribution in [2.45, 2.75) is 19.6 Å². The summed E-state index contributed by atoms with van der Waals surface area (Å²) in [6.07, 6.45) is 1.06. The van der Waals surface area contributed by atoms with Gasteiger partial charge in [-0.25, -0.2) is 4.39 Å². The normalized spacial score (nSPS) is 9.93. The van der Waals surface area contributed by atoms with Gasteiger partial charge in [-0.05, 0) is 62.0 Å². The molecular formula is C19H26Cl3FN2O2. The van der Waals surface area contributed by atoms with Crippen LogP contribution in [0.3, 0.4) is 0 Å². The first-order valence-corrected chi connectivity index (χ1v) is 8.60. The van der Waals surface area contributed by atoms with Gasteiger partial charge in [0.05, 0.1) is 12.1 Å². The summed E-state index contributed by atoms with van der Waals surface area (Å²) in [5.41, 5.74) is 1.88. The number of rotatable bonds is 10. The van der Waals surface area contributed by atoms with Crippen LogP contribution in [0.15, 0.2) is 36.4 Å². The molecule has 0 unspecified atom stereocenters. The third-order valence-electron chi connectivity index (χ3n) is 3.70. The zero-order valence-electron chi connectivity index (χ0n) is 15.4. The lowest BCUT2D eigenvalue weighted by molar-refractivity contribution is 0.284. The summed E-state index contributed by atoms with van der Waals surface area (Å²) >= 11 is 6.36. The van der Waals surface area contributed by atoms with Crippen LogP contribution in [0.5, 0.6) is 11.5 Å². The third-order valence-corrected chi connectivity index (χ3v) is 3.98. The summed E-state index contributed by atoms with van der Waals surface area (Å²) in [5, 5.41) is 6.97. The Labute approximate surface area is 177 Å². The molecule has 2 aromatic carbocycles. The van der Waals surface area contributed by atoms with Crippen molar-refractivity contribution < 1.29 is 13.9 Å². The van der Waals surface area contributed by atoms with E-state index in [0.717, 1.165) is 30.6 Å². The van der Waals surface area contributed by atoms with Gasteiger partial charge in [0.25, 0.3) is 0 Å². The molecule has 27 heavy (non-hydrogen) atoms. The van der Waals surface area contributed by atoms with E-state index in [0.29, 0.717) is 23.1 Å². The minimum Gasteiger partial charge on any atom is -0.493 e. The van der Waals surface area contributed by atoms with E-state index in [2.05, 4.69) is 10.6 Å². The fourth-order valence-corrected chi connectivity index (χ4v) is 2.66. The van der Waals surface area contributed by atoms with Gasteiger partial charge >= 0.3 is 0 Å². The summed E-state index contributed by atoms with van der Waals surface area (Å²) in [7, 11) is 3.52. The highest BCUT2D eigenvalue weighted by Crippen LogP contribution is 2.37. The van der Waals surface area contributed by atoms with Crippen molar-refractivity contribution in [2.75, 3.05) is 27.2 Å². The predicted octanol–water partition coefficient (Wildman–Crippen LogP) is 4.61. The van der Waals surface area contributed by atoms with Crippen LogP contribution in [-0.4, -0.2) is 27.2 Å². The summed E-state index contributed by atoms with van der Waals surface area (Å²) < 4.78 is 24.2. The van der Waals surface area contributed by atoms with Crippen molar-refractivity contribution in [3.63, 3.8) is 0 Å². The van der Waals surface area contributed by atoms with Gasteiger partial charge in [-0.3, -0.25) is 0 Å². The molecule has 0 fully saturated rings. The molecule has 2 aromatic rings. The van der Waals surface area contributed by atoms with E-state index in [-0.39, 0.29) is 37.2 Å². The second-order valence-electron chi connectivity index (χ2n) is 5.66. The molecule has 8 heteroatoms. The lowest BCUT2D eigenvalue weighted by Crippen LogP contribution is -2.19. The number of halogens is 4. The van der Waals surface area contributed by atoms with Crippen molar-refractivity contribution in [3.05, 3.63) is 58.4 Å². The molecule has 152 valence electrons. The van der Waals surface area contributed by atoms with Crippen LogP contribution in [0, 0.1) is 5.82 Å². The van der Waals surface area contributed by atoms with Crippen LogP contribution in [-0.2, 0) is 13.2 Å². The first kappa shape index (κ1) is 25.8. The highest BCUT2D eigenvalue weighted by Gasteiger charge is 2.12. The van der Waals surface area contributed by atoms with Crippen LogP contribution in [0.1, 0.15) is 17.5 Å². The maximum absolute atomic E-state index is 13.0. The average molecular weight is 440 g/mol. The molecule has 2 rings (SSSR count). The molecule has 0 aromatic heterocycles. The zero-order valence-corrected chi connectivity index (χ0v) is 17.8. The van der Waals surface area contributed by atoms with Gasteiger partial charge < -0.3 is 20.1 Å². The van der Waals surface area contributed by atoms with Crippen LogP contribution in [0.2, 0.25) is 5.02 Å². The second kappa shape index (κ2) is 13.9. The zero-order chi connectivity index (χ0) is 18.1. The first-order chi connectivity index (χ1) is 12.1.